The van der Waals surface area contributed by atoms with Gasteiger partial charge in [-0.15, -0.1) is 0 Å². The van der Waals surface area contributed by atoms with Gasteiger partial charge < -0.3 is 20.7 Å². The molecule has 30 heavy (non-hydrogen) atoms. The molecule has 1 aromatic heterocycles. The van der Waals surface area contributed by atoms with Crippen molar-refractivity contribution in [2.24, 2.45) is 5.73 Å². The van der Waals surface area contributed by atoms with E-state index in [1.54, 1.807) is 41.3 Å². The second-order valence-electron chi connectivity index (χ2n) is 6.98. The van der Waals surface area contributed by atoms with Crippen LogP contribution >= 0.6 is 11.6 Å². The van der Waals surface area contributed by atoms with E-state index in [-0.39, 0.29) is 22.9 Å². The van der Waals surface area contributed by atoms with E-state index in [0.717, 1.165) is 6.42 Å². The Morgan fingerprint density at radius 3 is 2.50 bits per heavy atom. The van der Waals surface area contributed by atoms with E-state index in [1.807, 2.05) is 0 Å². The quantitative estimate of drug-likeness (QED) is 0.411. The van der Waals surface area contributed by atoms with E-state index in [0.29, 0.717) is 41.1 Å². The van der Waals surface area contributed by atoms with Gasteiger partial charge in [-0.2, -0.15) is 0 Å². The highest BCUT2D eigenvalue weighted by Crippen LogP contribution is 2.38. The first-order valence-electron chi connectivity index (χ1n) is 9.60. The van der Waals surface area contributed by atoms with Gasteiger partial charge in [-0.05, 0) is 49.6 Å². The largest absolute Gasteiger partial charge is 0.396 e. The number of rotatable bonds is 10. The number of hydrogen-bond acceptors (Lipinski definition) is 5. The van der Waals surface area contributed by atoms with Gasteiger partial charge in [0.1, 0.15) is 10.7 Å². The van der Waals surface area contributed by atoms with Crippen LogP contribution in [-0.2, 0) is 14.6 Å². The maximum absolute atomic E-state index is 13.6. The Hall–Kier alpha value is -2.55. The van der Waals surface area contributed by atoms with Gasteiger partial charge in [-0.25, -0.2) is 8.42 Å². The fourth-order valence-electron chi connectivity index (χ4n) is 3.39. The summed E-state index contributed by atoms with van der Waals surface area (Å²) in [6, 6.07) is 13.1. The van der Waals surface area contributed by atoms with Crippen LogP contribution in [0.15, 0.2) is 58.3 Å². The van der Waals surface area contributed by atoms with Crippen LogP contribution in [0.4, 0.5) is 5.82 Å². The van der Waals surface area contributed by atoms with E-state index >= 15 is 0 Å². The van der Waals surface area contributed by atoms with Crippen LogP contribution in [0.25, 0.3) is 10.9 Å². The molecule has 0 saturated carbocycles. The van der Waals surface area contributed by atoms with E-state index in [4.69, 9.17) is 22.4 Å². The SMILES string of the molecule is NC(=O)CN(CCCCCO)c1[nH]c2ccc(Cl)cc2c1S(=O)(=O)c1ccccc1. The van der Waals surface area contributed by atoms with Crippen LogP contribution in [0, 0.1) is 0 Å². The zero-order valence-corrected chi connectivity index (χ0v) is 17.9. The molecule has 160 valence electrons. The molecule has 0 aliphatic heterocycles. The number of benzene rings is 2. The molecule has 7 nitrogen and oxygen atoms in total. The summed E-state index contributed by atoms with van der Waals surface area (Å²) in [6.45, 7) is 0.339. The zero-order valence-electron chi connectivity index (χ0n) is 16.3. The van der Waals surface area contributed by atoms with Crippen LogP contribution in [0.5, 0.6) is 0 Å². The molecular weight excluding hydrogens is 426 g/mol. The summed E-state index contributed by atoms with van der Waals surface area (Å²) < 4.78 is 27.1. The average Bonchev–Trinajstić information content (AvgIpc) is 3.10. The number of aliphatic hydroxyl groups excluding tert-OH is 1. The molecule has 0 bridgehead atoms. The number of carbonyl (C=O) groups is 1. The lowest BCUT2D eigenvalue weighted by molar-refractivity contribution is -0.116. The highest BCUT2D eigenvalue weighted by Gasteiger charge is 2.29. The number of nitrogens with one attached hydrogen (secondary N) is 1. The first kappa shape index (κ1) is 22.1. The molecule has 9 heteroatoms. The zero-order chi connectivity index (χ0) is 21.7. The van der Waals surface area contributed by atoms with Crippen molar-refractivity contribution in [3.63, 3.8) is 0 Å². The highest BCUT2D eigenvalue weighted by atomic mass is 35.5. The van der Waals surface area contributed by atoms with Gasteiger partial charge >= 0.3 is 0 Å². The van der Waals surface area contributed by atoms with Crippen molar-refractivity contribution in [3.05, 3.63) is 53.6 Å². The van der Waals surface area contributed by atoms with Crippen LogP contribution in [0.3, 0.4) is 0 Å². The molecular formula is C21H24ClN3O4S. The summed E-state index contributed by atoms with van der Waals surface area (Å²) in [7, 11) is -3.91. The minimum absolute atomic E-state index is 0.0645. The molecule has 0 atom stereocenters. The molecule has 1 amide bonds. The molecule has 0 unspecified atom stereocenters. The summed E-state index contributed by atoms with van der Waals surface area (Å²) in [5.41, 5.74) is 6.04. The maximum atomic E-state index is 13.6. The van der Waals surface area contributed by atoms with Crippen LogP contribution < -0.4 is 10.6 Å². The third kappa shape index (κ3) is 4.77. The lowest BCUT2D eigenvalue weighted by atomic mass is 10.2. The van der Waals surface area contributed by atoms with Crippen LogP contribution in [-0.4, -0.2) is 44.1 Å². The van der Waals surface area contributed by atoms with Crippen molar-refractivity contribution in [2.45, 2.75) is 29.1 Å². The van der Waals surface area contributed by atoms with Crippen molar-refractivity contribution in [1.29, 1.82) is 0 Å². The number of fused-ring (bicyclic) bond motifs is 1. The van der Waals surface area contributed by atoms with Gasteiger partial charge in [-0.1, -0.05) is 29.8 Å². The molecule has 1 heterocycles. The normalized spacial score (nSPS) is 11.7. The van der Waals surface area contributed by atoms with Crippen molar-refractivity contribution in [3.8, 4) is 0 Å². The Morgan fingerprint density at radius 2 is 1.83 bits per heavy atom. The molecule has 0 aliphatic carbocycles. The van der Waals surface area contributed by atoms with Gasteiger partial charge in [0.15, 0.2) is 0 Å². The van der Waals surface area contributed by atoms with E-state index in [1.165, 1.54) is 12.1 Å². The van der Waals surface area contributed by atoms with Gasteiger partial charge in [0.25, 0.3) is 0 Å². The molecule has 0 fully saturated rings. The number of amides is 1. The maximum Gasteiger partial charge on any atom is 0.236 e. The van der Waals surface area contributed by atoms with Crippen molar-refractivity contribution < 1.29 is 18.3 Å². The number of nitrogens with zero attached hydrogens (tertiary/aromatic N) is 1. The Labute approximate surface area is 180 Å². The summed E-state index contributed by atoms with van der Waals surface area (Å²) in [5, 5.41) is 9.86. The standard InChI is InChI=1S/C21H24ClN3O4S/c22-15-9-10-18-17(13-15)20(30(28,29)16-7-3-1-4-8-16)21(24-18)25(14-19(23)27)11-5-2-6-12-26/h1,3-4,7-10,13,24,26H,2,5-6,11-12,14H2,(H2,23,27). The Morgan fingerprint density at radius 1 is 1.10 bits per heavy atom. The molecule has 3 aromatic rings. The number of aliphatic hydroxyl groups is 1. The topological polar surface area (TPSA) is 116 Å². The number of H-pyrrole nitrogens is 1. The third-order valence-electron chi connectivity index (χ3n) is 4.77. The number of halogens is 1. The average molecular weight is 450 g/mol. The molecule has 4 N–H and O–H groups in total. The summed E-state index contributed by atoms with van der Waals surface area (Å²) in [4.78, 5) is 16.7. The van der Waals surface area contributed by atoms with E-state index in [2.05, 4.69) is 4.98 Å². The number of aromatic nitrogens is 1. The number of anilines is 1. The fraction of sp³-hybridized carbons (Fsp3) is 0.286. The fourth-order valence-corrected chi connectivity index (χ4v) is 5.20. The third-order valence-corrected chi connectivity index (χ3v) is 6.84. The second-order valence-corrected chi connectivity index (χ2v) is 9.30. The molecule has 3 rings (SSSR count). The lowest BCUT2D eigenvalue weighted by Gasteiger charge is -2.23. The summed E-state index contributed by atoms with van der Waals surface area (Å²) in [5.74, 6) is -0.268. The number of primary amides is 1. The first-order valence-corrected chi connectivity index (χ1v) is 11.5. The van der Waals surface area contributed by atoms with Crippen LogP contribution in [0.1, 0.15) is 19.3 Å². The van der Waals surface area contributed by atoms with Crippen molar-refractivity contribution in [2.75, 3.05) is 24.6 Å². The lowest BCUT2D eigenvalue weighted by Crippen LogP contribution is -2.35. The molecule has 0 saturated heterocycles. The molecule has 0 spiro atoms. The summed E-state index contributed by atoms with van der Waals surface area (Å²) in [6.07, 6.45) is 2.02. The predicted molar refractivity (Wildman–Crippen MR) is 118 cm³/mol. The number of hydrogen-bond donors (Lipinski definition) is 3. The van der Waals surface area contributed by atoms with E-state index in [9.17, 15) is 13.2 Å². The number of carbonyl (C=O) groups excluding carboxylic acids is 1. The number of nitrogens with two attached hydrogens (primary N) is 1. The molecule has 0 aliphatic rings. The molecule has 0 radical (unpaired) electrons. The highest BCUT2D eigenvalue weighted by molar-refractivity contribution is 7.92. The van der Waals surface area contributed by atoms with Gasteiger partial charge in [0, 0.05) is 29.1 Å². The summed E-state index contributed by atoms with van der Waals surface area (Å²) >= 11 is 6.16. The van der Waals surface area contributed by atoms with Crippen LogP contribution in [0.2, 0.25) is 5.02 Å². The van der Waals surface area contributed by atoms with Crippen molar-refractivity contribution in [1.82, 2.24) is 4.98 Å². The number of unbranched alkanes of at least 4 members (excludes halogenated alkanes) is 2. The Kier molecular flexibility index (Phi) is 7.02. The van der Waals surface area contributed by atoms with Gasteiger partial charge in [0.2, 0.25) is 15.7 Å². The van der Waals surface area contributed by atoms with E-state index < -0.39 is 15.7 Å². The van der Waals surface area contributed by atoms with Gasteiger partial charge in [-0.3, -0.25) is 4.79 Å². The minimum Gasteiger partial charge on any atom is -0.396 e. The number of sulfone groups is 1. The second kappa shape index (κ2) is 9.51. The number of aromatic amines is 1. The molecule has 2 aromatic carbocycles. The predicted octanol–water partition coefficient (Wildman–Crippen LogP) is 3.11. The Balaban J connectivity index is 2.17. The van der Waals surface area contributed by atoms with Gasteiger partial charge in [0.05, 0.1) is 11.4 Å². The van der Waals surface area contributed by atoms with Crippen molar-refractivity contribution >= 4 is 44.1 Å². The first-order chi connectivity index (χ1) is 14.3. The Bertz CT molecular complexity index is 1130. The monoisotopic (exact) mass is 449 g/mol. The smallest absolute Gasteiger partial charge is 0.236 e. The minimum atomic E-state index is -3.91.